The van der Waals surface area contributed by atoms with Gasteiger partial charge in [-0.15, -0.1) is 0 Å². The maximum atomic E-state index is 12.8. The van der Waals surface area contributed by atoms with Crippen molar-refractivity contribution in [2.75, 3.05) is 12.4 Å². The minimum Gasteiger partial charge on any atom is -0.490 e. The largest absolute Gasteiger partial charge is 0.490 e. The summed E-state index contributed by atoms with van der Waals surface area (Å²) in [7, 11) is 1.36. The van der Waals surface area contributed by atoms with Crippen LogP contribution in [0.25, 0.3) is 5.65 Å². The molecule has 0 aliphatic rings. The van der Waals surface area contributed by atoms with Crippen molar-refractivity contribution in [3.8, 4) is 5.75 Å². The first-order valence-corrected chi connectivity index (χ1v) is 8.06. The molecule has 2 aromatic heterocycles. The molecular weight excluding hydrogens is 336 g/mol. The molecule has 0 saturated heterocycles. The molecule has 2 heterocycles. The van der Waals surface area contributed by atoms with Gasteiger partial charge in [0.05, 0.1) is 17.7 Å². The summed E-state index contributed by atoms with van der Waals surface area (Å²) in [5.74, 6) is -0.243. The van der Waals surface area contributed by atoms with Gasteiger partial charge in [0, 0.05) is 18.0 Å². The second-order valence-electron chi connectivity index (χ2n) is 5.79. The highest BCUT2D eigenvalue weighted by Gasteiger charge is 2.20. The van der Waals surface area contributed by atoms with E-state index in [1.165, 1.54) is 19.2 Å². The van der Waals surface area contributed by atoms with Gasteiger partial charge in [-0.05, 0) is 37.1 Å². The number of carbonyl (C=O) groups excluding carboxylic acids is 1. The summed E-state index contributed by atoms with van der Waals surface area (Å²) in [6.07, 6.45) is 2.43. The van der Waals surface area contributed by atoms with Crippen LogP contribution < -0.4 is 10.1 Å². The summed E-state index contributed by atoms with van der Waals surface area (Å²) in [5, 5.41) is 13.9. The van der Waals surface area contributed by atoms with Crippen LogP contribution in [0.5, 0.6) is 5.75 Å². The Bertz CT molecular complexity index is 1010. The summed E-state index contributed by atoms with van der Waals surface area (Å²) in [4.78, 5) is 27.9. The van der Waals surface area contributed by atoms with E-state index < -0.39 is 4.92 Å². The summed E-state index contributed by atoms with van der Waals surface area (Å²) >= 11 is 0. The summed E-state index contributed by atoms with van der Waals surface area (Å²) in [6, 6.07) is 8.06. The van der Waals surface area contributed by atoms with Crippen LogP contribution >= 0.6 is 0 Å². The molecule has 8 heteroatoms. The van der Waals surface area contributed by atoms with E-state index in [1.807, 2.05) is 32.2 Å². The third-order valence-electron chi connectivity index (χ3n) is 4.02. The molecule has 0 aliphatic heterocycles. The molecule has 0 aliphatic carbocycles. The molecule has 0 atom stereocenters. The van der Waals surface area contributed by atoms with E-state index in [1.54, 1.807) is 10.5 Å². The number of methoxy groups -OCH3 is 1. The van der Waals surface area contributed by atoms with Gasteiger partial charge >= 0.3 is 5.69 Å². The normalized spacial score (nSPS) is 10.7. The highest BCUT2D eigenvalue weighted by atomic mass is 16.6. The number of nitrogens with one attached hydrogen (secondary N) is 1. The van der Waals surface area contributed by atoms with E-state index in [2.05, 4.69) is 10.3 Å². The van der Waals surface area contributed by atoms with Crippen LogP contribution in [0.3, 0.4) is 0 Å². The zero-order valence-electron chi connectivity index (χ0n) is 14.6. The van der Waals surface area contributed by atoms with Crippen LogP contribution in [0.4, 0.5) is 11.4 Å². The molecule has 0 spiro atoms. The van der Waals surface area contributed by atoms with Crippen LogP contribution in [0, 0.1) is 17.0 Å². The number of nitro benzene ring substituents is 1. The molecule has 8 nitrogen and oxygen atoms in total. The number of aromatic nitrogens is 2. The molecule has 0 unspecified atom stereocenters. The Morgan fingerprint density at radius 2 is 2.12 bits per heavy atom. The molecule has 1 aromatic carbocycles. The first-order valence-electron chi connectivity index (χ1n) is 8.06. The number of ether oxygens (including phenoxy) is 1. The summed E-state index contributed by atoms with van der Waals surface area (Å²) in [5.41, 5.74) is 2.85. The van der Waals surface area contributed by atoms with E-state index in [9.17, 15) is 14.9 Å². The molecule has 26 heavy (non-hydrogen) atoms. The first-order chi connectivity index (χ1) is 12.4. The number of pyridine rings is 1. The summed E-state index contributed by atoms with van der Waals surface area (Å²) < 4.78 is 6.72. The number of nitrogens with zero attached hydrogens (tertiary/aromatic N) is 3. The van der Waals surface area contributed by atoms with Gasteiger partial charge in [0.15, 0.2) is 5.75 Å². The van der Waals surface area contributed by atoms with Crippen molar-refractivity contribution < 1.29 is 14.5 Å². The average Bonchev–Trinajstić information content (AvgIpc) is 2.99. The number of aryl methyl sites for hydroxylation is 2. The van der Waals surface area contributed by atoms with Crippen molar-refractivity contribution in [1.82, 2.24) is 9.38 Å². The topological polar surface area (TPSA) is 98.8 Å². The first kappa shape index (κ1) is 17.4. The van der Waals surface area contributed by atoms with Crippen molar-refractivity contribution in [3.63, 3.8) is 0 Å². The number of fused-ring (bicyclic) bond motifs is 1. The van der Waals surface area contributed by atoms with Crippen molar-refractivity contribution >= 4 is 22.9 Å². The van der Waals surface area contributed by atoms with Crippen molar-refractivity contribution in [1.29, 1.82) is 0 Å². The Balaban J connectivity index is 2.01. The molecule has 3 rings (SSSR count). The number of rotatable bonds is 5. The number of nitro groups is 1. The van der Waals surface area contributed by atoms with Crippen LogP contribution in [0.1, 0.15) is 28.7 Å². The molecule has 134 valence electrons. The minimum atomic E-state index is -0.552. The fraction of sp³-hybridized carbons (Fsp3) is 0.222. The van der Waals surface area contributed by atoms with Crippen molar-refractivity contribution in [2.45, 2.75) is 20.3 Å². The Kier molecular flexibility index (Phi) is 4.57. The number of hydrogen-bond donors (Lipinski definition) is 1. The number of benzene rings is 1. The van der Waals surface area contributed by atoms with Crippen LogP contribution in [0.2, 0.25) is 0 Å². The van der Waals surface area contributed by atoms with Crippen LogP contribution in [0.15, 0.2) is 36.5 Å². The molecule has 1 amide bonds. The van der Waals surface area contributed by atoms with Gasteiger partial charge in [0.2, 0.25) is 0 Å². The summed E-state index contributed by atoms with van der Waals surface area (Å²) in [6.45, 7) is 3.85. The number of imidazole rings is 1. The van der Waals surface area contributed by atoms with E-state index >= 15 is 0 Å². The van der Waals surface area contributed by atoms with Gasteiger partial charge in [-0.25, -0.2) is 4.98 Å². The van der Waals surface area contributed by atoms with E-state index in [-0.39, 0.29) is 17.3 Å². The molecule has 3 aromatic rings. The van der Waals surface area contributed by atoms with Crippen LogP contribution in [-0.4, -0.2) is 27.3 Å². The Morgan fingerprint density at radius 1 is 1.35 bits per heavy atom. The van der Waals surface area contributed by atoms with Crippen LogP contribution in [-0.2, 0) is 6.42 Å². The Labute approximate surface area is 149 Å². The third kappa shape index (κ3) is 3.08. The predicted octanol–water partition coefficient (Wildman–Crippen LogP) is 3.37. The smallest absolute Gasteiger partial charge is 0.312 e. The molecular formula is C18H18N4O4. The zero-order valence-corrected chi connectivity index (χ0v) is 14.6. The van der Waals surface area contributed by atoms with Gasteiger partial charge in [-0.3, -0.25) is 19.3 Å². The molecule has 0 fully saturated rings. The fourth-order valence-corrected chi connectivity index (χ4v) is 2.79. The highest BCUT2D eigenvalue weighted by Crippen LogP contribution is 2.30. The van der Waals surface area contributed by atoms with Crippen molar-refractivity contribution in [2.24, 2.45) is 0 Å². The van der Waals surface area contributed by atoms with E-state index in [4.69, 9.17) is 4.74 Å². The van der Waals surface area contributed by atoms with Gasteiger partial charge in [0.1, 0.15) is 11.3 Å². The Morgan fingerprint density at radius 3 is 2.77 bits per heavy atom. The lowest BCUT2D eigenvalue weighted by Crippen LogP contribution is -2.16. The van der Waals surface area contributed by atoms with Gasteiger partial charge in [0.25, 0.3) is 5.91 Å². The SMILES string of the molecule is CCc1nc2ccc(C)cn2c1C(=O)Nc1ccc(OC)c([N+](=O)[O-])c1. The number of hydrogen-bond acceptors (Lipinski definition) is 5. The molecule has 0 bridgehead atoms. The number of carbonyl (C=O) groups is 1. The molecule has 0 radical (unpaired) electrons. The van der Waals surface area contributed by atoms with E-state index in [0.717, 1.165) is 5.56 Å². The maximum absolute atomic E-state index is 12.8. The third-order valence-corrected chi connectivity index (χ3v) is 4.02. The molecule has 0 saturated carbocycles. The molecule has 1 N–H and O–H groups in total. The van der Waals surface area contributed by atoms with E-state index in [0.29, 0.717) is 29.1 Å². The number of anilines is 1. The zero-order chi connectivity index (χ0) is 18.8. The maximum Gasteiger partial charge on any atom is 0.312 e. The van der Waals surface area contributed by atoms with Gasteiger partial charge in [-0.2, -0.15) is 0 Å². The monoisotopic (exact) mass is 354 g/mol. The Hall–Kier alpha value is -3.42. The second kappa shape index (κ2) is 6.83. The number of amides is 1. The lowest BCUT2D eigenvalue weighted by atomic mass is 10.2. The standard InChI is InChI=1S/C18H18N4O4/c1-4-13-17(21-10-11(2)5-8-16(21)20-13)18(23)19-12-6-7-15(26-3)14(9-12)22(24)25/h5-10H,4H2,1-3H3,(H,19,23). The average molecular weight is 354 g/mol. The van der Waals surface area contributed by atoms with Gasteiger partial charge in [-0.1, -0.05) is 13.0 Å². The predicted molar refractivity (Wildman–Crippen MR) is 96.9 cm³/mol. The quantitative estimate of drug-likeness (QED) is 0.559. The highest BCUT2D eigenvalue weighted by molar-refractivity contribution is 6.04. The fourth-order valence-electron chi connectivity index (χ4n) is 2.79. The van der Waals surface area contributed by atoms with Gasteiger partial charge < -0.3 is 10.1 Å². The minimum absolute atomic E-state index is 0.132. The van der Waals surface area contributed by atoms with Crippen molar-refractivity contribution in [3.05, 3.63) is 63.6 Å². The lowest BCUT2D eigenvalue weighted by Gasteiger charge is -2.08. The lowest BCUT2D eigenvalue weighted by molar-refractivity contribution is -0.385. The second-order valence-corrected chi connectivity index (χ2v) is 5.79.